The van der Waals surface area contributed by atoms with Crippen molar-refractivity contribution < 1.29 is 25.7 Å². The van der Waals surface area contributed by atoms with Crippen LogP contribution in [0.2, 0.25) is 0 Å². The summed E-state index contributed by atoms with van der Waals surface area (Å²) in [5.74, 6) is 0. The van der Waals surface area contributed by atoms with Gasteiger partial charge in [0.05, 0.1) is 4.92 Å². The molecule has 0 rings (SSSR count). The topological polar surface area (TPSA) is 84.2 Å². The molecular formula is CH7N2O4+. The van der Waals surface area contributed by atoms with Crippen molar-refractivity contribution in [2.75, 3.05) is 7.05 Å². The van der Waals surface area contributed by atoms with Crippen LogP contribution in [-0.4, -0.2) is 38.1 Å². The van der Waals surface area contributed by atoms with Gasteiger partial charge in [0.2, 0.25) is 0 Å². The molecule has 0 saturated carbocycles. The van der Waals surface area contributed by atoms with Crippen LogP contribution in [0.5, 0.6) is 0 Å². The van der Waals surface area contributed by atoms with Crippen LogP contribution in [0.3, 0.4) is 0 Å². The van der Waals surface area contributed by atoms with Crippen molar-refractivity contribution in [1.29, 1.82) is 0 Å². The monoisotopic (exact) mass is 111 g/mol. The number of hydroxylamine groups is 2. The molecule has 0 aromatic heterocycles. The Bertz CT molecular complexity index is 55.2. The summed E-state index contributed by atoms with van der Waals surface area (Å²) in [7, 11) is 0.736. The summed E-state index contributed by atoms with van der Waals surface area (Å²) in [4.78, 5) is -2.00. The van der Waals surface area contributed by atoms with E-state index >= 15 is 0 Å². The van der Waals surface area contributed by atoms with E-state index in [9.17, 15) is 0 Å². The van der Waals surface area contributed by atoms with Gasteiger partial charge in [-0.05, 0) is 0 Å². The molecule has 0 aliphatic rings. The molecule has 44 valence electrons. The fraction of sp³-hybridized carbons (Fsp3) is 1.00. The van der Waals surface area contributed by atoms with E-state index in [-0.39, 0.29) is 0 Å². The molecule has 0 aliphatic heterocycles. The highest BCUT2D eigenvalue weighted by molar-refractivity contribution is 3.49. The molecule has 0 radical (unpaired) electrons. The molecule has 0 amide bonds. The van der Waals surface area contributed by atoms with E-state index in [0.29, 0.717) is 0 Å². The van der Waals surface area contributed by atoms with Crippen LogP contribution in [0.15, 0.2) is 0 Å². The van der Waals surface area contributed by atoms with Gasteiger partial charge in [-0.25, -0.2) is 10.4 Å². The molecule has 0 spiro atoms. The molecule has 4 N–H and O–H groups in total. The van der Waals surface area contributed by atoms with Crippen LogP contribution in [0.1, 0.15) is 0 Å². The first-order valence-corrected chi connectivity index (χ1v) is 1.45. The van der Waals surface area contributed by atoms with Gasteiger partial charge in [-0.2, -0.15) is 10.4 Å². The number of quaternary nitrogens is 1. The van der Waals surface area contributed by atoms with Gasteiger partial charge >= 0.3 is 0 Å². The minimum atomic E-state index is -2.00. The van der Waals surface area contributed by atoms with E-state index < -0.39 is 10.3 Å². The van der Waals surface area contributed by atoms with E-state index in [2.05, 4.69) is 0 Å². The van der Waals surface area contributed by atoms with Crippen LogP contribution in [0.25, 0.3) is 0 Å². The summed E-state index contributed by atoms with van der Waals surface area (Å²) in [5.41, 5.74) is 0. The predicted octanol–water partition coefficient (Wildman–Crippen LogP) is -0.793. The second-order valence-corrected chi connectivity index (χ2v) is 1.14. The third kappa shape index (κ3) is 2.45. The van der Waals surface area contributed by atoms with Gasteiger partial charge in [0.15, 0.2) is 12.4 Å². The molecular weight excluding hydrogens is 104 g/mol. The molecule has 0 unspecified atom stereocenters. The zero-order valence-corrected chi connectivity index (χ0v) is 3.68. The Morgan fingerprint density at radius 2 is 1.43 bits per heavy atom. The van der Waals surface area contributed by atoms with Crippen molar-refractivity contribution in [3.8, 4) is 0 Å². The summed E-state index contributed by atoms with van der Waals surface area (Å²) in [6, 6.07) is 0. The second-order valence-electron chi connectivity index (χ2n) is 1.14. The van der Waals surface area contributed by atoms with Gasteiger partial charge in [0.1, 0.15) is 0 Å². The lowest BCUT2D eigenvalue weighted by Crippen LogP contribution is -2.48. The quantitative estimate of drug-likeness (QED) is 0.263. The molecule has 0 heterocycles. The highest BCUT2D eigenvalue weighted by atomic mass is 17.0. The van der Waals surface area contributed by atoms with E-state index in [1.807, 2.05) is 0 Å². The Kier molecular flexibility index (Phi) is 1.64. The maximum Gasteiger partial charge on any atom is 0.181 e. The Balaban J connectivity index is 3.54. The summed E-state index contributed by atoms with van der Waals surface area (Å²) >= 11 is 0. The van der Waals surface area contributed by atoms with Gasteiger partial charge in [0, 0.05) is 0 Å². The van der Waals surface area contributed by atoms with Crippen LogP contribution in [0.4, 0.5) is 0 Å². The lowest BCUT2D eigenvalue weighted by atomic mass is 11.4. The average molecular weight is 111 g/mol. The fourth-order valence-corrected chi connectivity index (χ4v) is 0. The van der Waals surface area contributed by atoms with E-state index in [4.69, 9.17) is 20.8 Å². The molecule has 0 aromatic carbocycles. The number of rotatable bonds is 1. The Morgan fingerprint density at radius 3 is 1.43 bits per heavy atom. The van der Waals surface area contributed by atoms with Gasteiger partial charge in [-0.15, -0.1) is 0 Å². The van der Waals surface area contributed by atoms with Crippen molar-refractivity contribution in [3.63, 3.8) is 0 Å². The van der Waals surface area contributed by atoms with E-state index in [1.54, 1.807) is 0 Å². The van der Waals surface area contributed by atoms with Crippen molar-refractivity contribution in [2.24, 2.45) is 0 Å². The molecule has 0 bridgehead atoms. The SMILES string of the molecule is C[N+](O)(O)N(O)O. The summed E-state index contributed by atoms with van der Waals surface area (Å²) in [5, 5.41) is 30.8. The first kappa shape index (κ1) is 6.76. The van der Waals surface area contributed by atoms with Crippen molar-refractivity contribution in [3.05, 3.63) is 0 Å². The Labute approximate surface area is 39.4 Å². The average Bonchev–Trinajstić information content (AvgIpc) is 1.31. The van der Waals surface area contributed by atoms with Gasteiger partial charge in [-0.3, -0.25) is 0 Å². The van der Waals surface area contributed by atoms with E-state index in [0.717, 1.165) is 7.05 Å². The van der Waals surface area contributed by atoms with Crippen LogP contribution in [0, 0.1) is 0 Å². The molecule has 0 aliphatic carbocycles. The zero-order chi connectivity index (χ0) is 6.08. The van der Waals surface area contributed by atoms with Crippen molar-refractivity contribution >= 4 is 0 Å². The number of hydrogen-bond donors (Lipinski definition) is 4. The fourth-order valence-electron chi connectivity index (χ4n) is 0. The zero-order valence-electron chi connectivity index (χ0n) is 3.68. The first-order chi connectivity index (χ1) is 2.94. The Morgan fingerprint density at radius 1 is 1.29 bits per heavy atom. The summed E-state index contributed by atoms with van der Waals surface area (Å²) in [6.45, 7) is 0. The molecule has 6 nitrogen and oxygen atoms in total. The highest BCUT2D eigenvalue weighted by Gasteiger charge is 2.22. The number of nitrogens with zero attached hydrogens (tertiary/aromatic N) is 2. The lowest BCUT2D eigenvalue weighted by Gasteiger charge is -2.15. The van der Waals surface area contributed by atoms with Gasteiger partial charge in [-0.1, -0.05) is 0 Å². The maximum absolute atomic E-state index is 8.01. The maximum atomic E-state index is 8.01. The minimum absolute atomic E-state index is 0.736. The molecule has 0 aromatic rings. The van der Waals surface area contributed by atoms with E-state index in [1.165, 1.54) is 0 Å². The van der Waals surface area contributed by atoms with Gasteiger partial charge < -0.3 is 0 Å². The van der Waals surface area contributed by atoms with Crippen LogP contribution >= 0.6 is 0 Å². The smallest absolute Gasteiger partial charge is 0.181 e. The molecule has 6 heteroatoms. The first-order valence-electron chi connectivity index (χ1n) is 1.45. The third-order valence-electron chi connectivity index (χ3n) is 0.339. The normalized spacial score (nSPS) is 12.9. The van der Waals surface area contributed by atoms with Gasteiger partial charge in [0.25, 0.3) is 0 Å². The largest absolute Gasteiger partial charge is 0.239 e. The standard InChI is InChI=1S/CH7N2O4/c1-3(6,7)2(4)5/h4-7H,1H3/q+1. The predicted molar refractivity (Wildman–Crippen MR) is 15.2 cm³/mol. The molecule has 7 heavy (non-hydrogen) atoms. The van der Waals surface area contributed by atoms with Crippen molar-refractivity contribution in [2.45, 2.75) is 0 Å². The second kappa shape index (κ2) is 1.70. The third-order valence-corrected chi connectivity index (χ3v) is 0.339. The molecule has 0 fully saturated rings. The minimum Gasteiger partial charge on any atom is -0.239 e. The van der Waals surface area contributed by atoms with Crippen molar-refractivity contribution in [1.82, 2.24) is 5.34 Å². The highest BCUT2D eigenvalue weighted by Crippen LogP contribution is 1.87. The Hall–Kier alpha value is -0.240. The lowest BCUT2D eigenvalue weighted by molar-refractivity contribution is -1.35. The summed E-state index contributed by atoms with van der Waals surface area (Å²) < 4.78 is 0. The van der Waals surface area contributed by atoms with Crippen LogP contribution < -0.4 is 0 Å². The molecule has 0 saturated heterocycles. The number of hydrogen-bond acceptors (Lipinski definition) is 5. The summed E-state index contributed by atoms with van der Waals surface area (Å²) in [6.07, 6.45) is 0. The molecule has 0 atom stereocenters. The van der Waals surface area contributed by atoms with Crippen LogP contribution in [-0.2, 0) is 0 Å².